The Morgan fingerprint density at radius 3 is 2.64 bits per heavy atom. The van der Waals surface area contributed by atoms with Crippen LogP contribution in [0.25, 0.3) is 0 Å². The Morgan fingerprint density at radius 2 is 2.00 bits per heavy atom. The van der Waals surface area contributed by atoms with Crippen LogP contribution in [0.1, 0.15) is 22.5 Å². The Bertz CT molecular complexity index is 778. The molecule has 7 heteroatoms. The van der Waals surface area contributed by atoms with Gasteiger partial charge in [-0.15, -0.1) is 0 Å². The summed E-state index contributed by atoms with van der Waals surface area (Å²) in [5.74, 6) is -0.764. The number of hydrogen-bond acceptors (Lipinski definition) is 4. The zero-order chi connectivity index (χ0) is 18.4. The number of amides is 2. The van der Waals surface area contributed by atoms with E-state index < -0.39 is 5.82 Å². The molecule has 0 bridgehead atoms. The number of carbonyl (C=O) groups is 2. The summed E-state index contributed by atoms with van der Waals surface area (Å²) in [7, 11) is 4.65. The predicted octanol–water partition coefficient (Wildman–Crippen LogP) is 2.50. The Labute approximate surface area is 145 Å². The summed E-state index contributed by atoms with van der Waals surface area (Å²) in [6.45, 7) is 0. The molecule has 1 aromatic carbocycles. The molecule has 1 aromatic heterocycles. The number of ether oxygens (including phenoxy) is 1. The van der Waals surface area contributed by atoms with Gasteiger partial charge >= 0.3 is 0 Å². The van der Waals surface area contributed by atoms with Crippen LogP contribution < -0.4 is 10.1 Å². The molecule has 0 saturated heterocycles. The fourth-order valence-corrected chi connectivity index (χ4v) is 2.20. The molecule has 2 amide bonds. The monoisotopic (exact) mass is 345 g/mol. The molecule has 6 nitrogen and oxygen atoms in total. The summed E-state index contributed by atoms with van der Waals surface area (Å²) in [5.41, 5.74) is 1.44. The number of aryl methyl sites for hydroxylation is 1. The van der Waals surface area contributed by atoms with Crippen molar-refractivity contribution in [2.45, 2.75) is 12.8 Å². The zero-order valence-corrected chi connectivity index (χ0v) is 14.4. The number of halogens is 1. The Balaban J connectivity index is 1.95. The zero-order valence-electron chi connectivity index (χ0n) is 14.4. The van der Waals surface area contributed by atoms with E-state index in [0.29, 0.717) is 17.7 Å². The number of hydrogen-bond donors (Lipinski definition) is 1. The third kappa shape index (κ3) is 5.00. The molecule has 132 valence electrons. The van der Waals surface area contributed by atoms with Crippen LogP contribution in [0, 0.1) is 5.82 Å². The van der Waals surface area contributed by atoms with Gasteiger partial charge in [0.2, 0.25) is 5.91 Å². The maximum Gasteiger partial charge on any atom is 0.272 e. The number of pyridine rings is 1. The largest absolute Gasteiger partial charge is 0.494 e. The minimum Gasteiger partial charge on any atom is -0.494 e. The number of benzene rings is 1. The van der Waals surface area contributed by atoms with Crippen LogP contribution in [-0.4, -0.2) is 42.9 Å². The summed E-state index contributed by atoms with van der Waals surface area (Å²) in [6, 6.07) is 7.73. The lowest BCUT2D eigenvalue weighted by Crippen LogP contribution is -2.23. The van der Waals surface area contributed by atoms with E-state index in [1.165, 1.54) is 36.4 Å². The van der Waals surface area contributed by atoms with E-state index in [1.54, 1.807) is 26.2 Å². The van der Waals surface area contributed by atoms with Gasteiger partial charge in [0.1, 0.15) is 5.69 Å². The Kier molecular flexibility index (Phi) is 6.05. The normalized spacial score (nSPS) is 10.2. The standard InChI is InChI=1S/C18H20FN3O3/c1-22(2)18(24)15-11-13(8-9-20-15)21-17(23)7-5-12-4-6-16(25-3)14(19)10-12/h4,6,8-11H,5,7H2,1-3H3,(H,20,21,23). The lowest BCUT2D eigenvalue weighted by atomic mass is 10.1. The molecule has 0 saturated carbocycles. The van der Waals surface area contributed by atoms with Gasteiger partial charge in [0.25, 0.3) is 5.91 Å². The molecule has 0 spiro atoms. The first-order valence-corrected chi connectivity index (χ1v) is 7.70. The van der Waals surface area contributed by atoms with Gasteiger partial charge in [-0.2, -0.15) is 0 Å². The van der Waals surface area contributed by atoms with Gasteiger partial charge < -0.3 is 15.0 Å². The SMILES string of the molecule is COc1ccc(CCC(=O)Nc2ccnc(C(=O)N(C)C)c2)cc1F. The first-order chi connectivity index (χ1) is 11.9. The van der Waals surface area contributed by atoms with Gasteiger partial charge in [0.15, 0.2) is 11.6 Å². The highest BCUT2D eigenvalue weighted by atomic mass is 19.1. The lowest BCUT2D eigenvalue weighted by molar-refractivity contribution is -0.116. The average Bonchev–Trinajstić information content (AvgIpc) is 2.59. The number of nitrogens with zero attached hydrogens (tertiary/aromatic N) is 2. The molecule has 0 aliphatic rings. The van der Waals surface area contributed by atoms with Gasteiger partial charge in [-0.05, 0) is 36.2 Å². The summed E-state index contributed by atoms with van der Waals surface area (Å²) in [5, 5.41) is 2.72. The third-order valence-electron chi connectivity index (χ3n) is 3.53. The van der Waals surface area contributed by atoms with Crippen molar-refractivity contribution in [2.75, 3.05) is 26.5 Å². The van der Waals surface area contributed by atoms with Crippen LogP contribution >= 0.6 is 0 Å². The number of aromatic nitrogens is 1. The molecule has 0 unspecified atom stereocenters. The lowest BCUT2D eigenvalue weighted by Gasteiger charge is -2.11. The molecule has 1 heterocycles. The van der Waals surface area contributed by atoms with Crippen LogP contribution in [0.3, 0.4) is 0 Å². The summed E-state index contributed by atoms with van der Waals surface area (Å²) in [4.78, 5) is 29.3. The second-order valence-electron chi connectivity index (χ2n) is 5.65. The fraction of sp³-hybridized carbons (Fsp3) is 0.278. The van der Waals surface area contributed by atoms with Gasteiger partial charge in [-0.3, -0.25) is 14.6 Å². The second-order valence-corrected chi connectivity index (χ2v) is 5.65. The molecule has 0 fully saturated rings. The highest BCUT2D eigenvalue weighted by molar-refractivity contribution is 5.95. The van der Waals surface area contributed by atoms with Crippen molar-refractivity contribution < 1.29 is 18.7 Å². The molecule has 0 radical (unpaired) electrons. The highest BCUT2D eigenvalue weighted by Gasteiger charge is 2.11. The van der Waals surface area contributed by atoms with Crippen molar-refractivity contribution in [3.63, 3.8) is 0 Å². The molecular formula is C18H20FN3O3. The molecule has 1 N–H and O–H groups in total. The number of methoxy groups -OCH3 is 1. The second kappa shape index (κ2) is 8.23. The number of rotatable bonds is 6. The van der Waals surface area contributed by atoms with E-state index in [9.17, 15) is 14.0 Å². The van der Waals surface area contributed by atoms with Crippen molar-refractivity contribution in [3.05, 3.63) is 53.6 Å². The van der Waals surface area contributed by atoms with Crippen molar-refractivity contribution in [3.8, 4) is 5.75 Å². The molecule has 0 aliphatic carbocycles. The summed E-state index contributed by atoms with van der Waals surface area (Å²) >= 11 is 0. The van der Waals surface area contributed by atoms with E-state index in [4.69, 9.17) is 4.74 Å². The summed E-state index contributed by atoms with van der Waals surface area (Å²) < 4.78 is 18.5. The minimum absolute atomic E-state index is 0.170. The molecule has 0 atom stereocenters. The van der Waals surface area contributed by atoms with E-state index in [-0.39, 0.29) is 29.7 Å². The average molecular weight is 345 g/mol. The van der Waals surface area contributed by atoms with Crippen molar-refractivity contribution in [1.82, 2.24) is 9.88 Å². The fourth-order valence-electron chi connectivity index (χ4n) is 2.20. The molecule has 25 heavy (non-hydrogen) atoms. The van der Waals surface area contributed by atoms with E-state index in [1.807, 2.05) is 0 Å². The third-order valence-corrected chi connectivity index (χ3v) is 3.53. The maximum absolute atomic E-state index is 13.6. The Hall–Kier alpha value is -2.96. The smallest absolute Gasteiger partial charge is 0.272 e. The van der Waals surface area contributed by atoms with Crippen LogP contribution in [0.2, 0.25) is 0 Å². The molecule has 0 aliphatic heterocycles. The van der Waals surface area contributed by atoms with Crippen LogP contribution in [0.15, 0.2) is 36.5 Å². The number of anilines is 1. The summed E-state index contributed by atoms with van der Waals surface area (Å²) in [6.07, 6.45) is 2.04. The highest BCUT2D eigenvalue weighted by Crippen LogP contribution is 2.18. The number of nitrogens with one attached hydrogen (secondary N) is 1. The van der Waals surface area contributed by atoms with Crippen molar-refractivity contribution >= 4 is 17.5 Å². The van der Waals surface area contributed by atoms with Gasteiger partial charge in [-0.1, -0.05) is 6.07 Å². The van der Waals surface area contributed by atoms with Gasteiger partial charge in [0, 0.05) is 32.4 Å². The molecule has 2 aromatic rings. The topological polar surface area (TPSA) is 71.5 Å². The van der Waals surface area contributed by atoms with E-state index in [0.717, 1.165) is 0 Å². The number of carbonyl (C=O) groups excluding carboxylic acids is 2. The molecular weight excluding hydrogens is 325 g/mol. The van der Waals surface area contributed by atoms with Crippen LogP contribution in [-0.2, 0) is 11.2 Å². The van der Waals surface area contributed by atoms with Crippen molar-refractivity contribution in [1.29, 1.82) is 0 Å². The minimum atomic E-state index is -0.457. The van der Waals surface area contributed by atoms with Crippen LogP contribution in [0.4, 0.5) is 10.1 Å². The van der Waals surface area contributed by atoms with E-state index in [2.05, 4.69) is 10.3 Å². The predicted molar refractivity (Wildman–Crippen MR) is 92.2 cm³/mol. The Morgan fingerprint density at radius 1 is 1.24 bits per heavy atom. The quantitative estimate of drug-likeness (QED) is 0.873. The van der Waals surface area contributed by atoms with Crippen LogP contribution in [0.5, 0.6) is 5.75 Å². The first kappa shape index (κ1) is 18.4. The first-order valence-electron chi connectivity index (χ1n) is 7.70. The maximum atomic E-state index is 13.6. The van der Waals surface area contributed by atoms with E-state index >= 15 is 0 Å². The molecule has 2 rings (SSSR count). The van der Waals surface area contributed by atoms with Gasteiger partial charge in [0.05, 0.1) is 7.11 Å². The van der Waals surface area contributed by atoms with Gasteiger partial charge in [-0.25, -0.2) is 4.39 Å². The van der Waals surface area contributed by atoms with Crippen molar-refractivity contribution in [2.24, 2.45) is 0 Å².